The Morgan fingerprint density at radius 3 is 2.61 bits per heavy atom. The fourth-order valence-electron chi connectivity index (χ4n) is 3.91. The molecule has 0 saturated carbocycles. The Hall–Kier alpha value is -4.28. The van der Waals surface area contributed by atoms with Gasteiger partial charge in [0.1, 0.15) is 11.3 Å². The molecule has 3 N–H and O–H groups in total. The van der Waals surface area contributed by atoms with Gasteiger partial charge in [0.2, 0.25) is 5.60 Å². The topological polar surface area (TPSA) is 105 Å². The van der Waals surface area contributed by atoms with Crippen molar-refractivity contribution in [1.82, 2.24) is 19.9 Å². The Labute approximate surface area is 190 Å². The summed E-state index contributed by atoms with van der Waals surface area (Å²) in [6, 6.07) is 17.2. The first-order chi connectivity index (χ1) is 15.9. The Morgan fingerprint density at radius 2 is 1.85 bits per heavy atom. The van der Waals surface area contributed by atoms with E-state index in [2.05, 4.69) is 26.8 Å². The molecule has 5 rings (SSSR count). The largest absolute Gasteiger partial charge is 0.382 e. The predicted octanol–water partition coefficient (Wildman–Crippen LogP) is 2.89. The first-order valence-corrected chi connectivity index (χ1v) is 10.5. The normalized spacial score (nSPS) is 17.8. The van der Waals surface area contributed by atoms with E-state index in [0.717, 1.165) is 22.1 Å². The fraction of sp³-hybridized carbons (Fsp3) is 0.154. The van der Waals surface area contributed by atoms with Crippen molar-refractivity contribution >= 4 is 22.6 Å². The number of aliphatic hydroxyl groups is 1. The van der Waals surface area contributed by atoms with Crippen LogP contribution < -0.4 is 5.73 Å². The predicted molar refractivity (Wildman–Crippen MR) is 127 cm³/mol. The van der Waals surface area contributed by atoms with Gasteiger partial charge < -0.3 is 15.7 Å². The molecule has 1 amide bonds. The average molecular weight is 435 g/mol. The lowest BCUT2D eigenvalue weighted by Crippen LogP contribution is -2.37. The molecule has 1 aliphatic heterocycles. The van der Waals surface area contributed by atoms with E-state index in [0.29, 0.717) is 35.7 Å². The van der Waals surface area contributed by atoms with Crippen LogP contribution in [0.4, 0.5) is 5.82 Å². The molecule has 1 saturated heterocycles. The lowest BCUT2D eigenvalue weighted by Gasteiger charge is -2.13. The van der Waals surface area contributed by atoms with Gasteiger partial charge in [-0.25, -0.2) is 15.0 Å². The third kappa shape index (κ3) is 3.77. The van der Waals surface area contributed by atoms with Crippen LogP contribution in [0, 0.1) is 11.8 Å². The molecular formula is C26H21N5O2. The van der Waals surface area contributed by atoms with Gasteiger partial charge in [0.15, 0.2) is 5.82 Å². The molecule has 7 heteroatoms. The maximum atomic E-state index is 12.2. The summed E-state index contributed by atoms with van der Waals surface area (Å²) < 4.78 is 0. The van der Waals surface area contributed by atoms with Crippen LogP contribution in [0.25, 0.3) is 33.4 Å². The molecule has 0 spiro atoms. The number of hydrogen-bond donors (Lipinski definition) is 2. The lowest BCUT2D eigenvalue weighted by atomic mass is 10.0. The van der Waals surface area contributed by atoms with Crippen LogP contribution in [0.2, 0.25) is 0 Å². The minimum Gasteiger partial charge on any atom is -0.382 e. The molecule has 3 heterocycles. The second-order valence-corrected chi connectivity index (χ2v) is 8.05. The number of benzene rings is 2. The van der Waals surface area contributed by atoms with E-state index in [9.17, 15) is 9.90 Å². The number of fused-ring (bicyclic) bond motifs is 1. The zero-order valence-electron chi connectivity index (χ0n) is 18.0. The molecule has 1 unspecified atom stereocenters. The molecule has 1 atom stereocenters. The molecule has 162 valence electrons. The number of likely N-dealkylation sites (tertiary alicyclic amines) is 1. The monoisotopic (exact) mass is 435 g/mol. The standard InChI is InChI=1S/C26H21N5O2/c1-31-13-12-26(33,25(31)32)11-10-17-6-5-9-19(14-17)24-29-16-21-20(18-7-3-2-4-8-18)15-28-23(27)22(21)30-24/h2-9,14-16,33H,12-13H2,1H3,(H2,27,28). The number of nitrogen functional groups attached to an aromatic ring is 1. The number of amides is 1. The minimum absolute atomic E-state index is 0.291. The van der Waals surface area contributed by atoms with E-state index >= 15 is 0 Å². The highest BCUT2D eigenvalue weighted by Gasteiger charge is 2.42. The third-order valence-electron chi connectivity index (χ3n) is 5.78. The highest BCUT2D eigenvalue weighted by atomic mass is 16.3. The number of rotatable bonds is 2. The number of pyridine rings is 1. The number of carbonyl (C=O) groups excluding carboxylic acids is 1. The molecule has 1 aliphatic rings. The molecule has 2 aromatic carbocycles. The molecule has 7 nitrogen and oxygen atoms in total. The van der Waals surface area contributed by atoms with Crippen molar-refractivity contribution in [1.29, 1.82) is 0 Å². The molecule has 0 radical (unpaired) electrons. The second-order valence-electron chi connectivity index (χ2n) is 8.05. The van der Waals surface area contributed by atoms with E-state index in [4.69, 9.17) is 5.73 Å². The van der Waals surface area contributed by atoms with Crippen molar-refractivity contribution in [3.05, 3.63) is 72.6 Å². The van der Waals surface area contributed by atoms with Gasteiger partial charge in [-0.2, -0.15) is 0 Å². The Kier molecular flexibility index (Phi) is 5.00. The number of hydrogen-bond acceptors (Lipinski definition) is 6. The number of aromatic nitrogens is 3. The van der Waals surface area contributed by atoms with Crippen LogP contribution in [-0.4, -0.2) is 50.1 Å². The summed E-state index contributed by atoms with van der Waals surface area (Å²) in [6.07, 6.45) is 3.78. The highest BCUT2D eigenvalue weighted by Crippen LogP contribution is 2.30. The van der Waals surface area contributed by atoms with Gasteiger partial charge in [0, 0.05) is 54.5 Å². The SMILES string of the molecule is CN1CCC(O)(C#Cc2cccc(-c3ncc4c(-c5ccccc5)cnc(N)c4n3)c2)C1=O. The van der Waals surface area contributed by atoms with Gasteiger partial charge in [0.05, 0.1) is 0 Å². The molecule has 33 heavy (non-hydrogen) atoms. The Bertz CT molecular complexity index is 1440. The van der Waals surface area contributed by atoms with E-state index in [1.165, 1.54) is 4.90 Å². The number of anilines is 1. The summed E-state index contributed by atoms with van der Waals surface area (Å²) in [4.78, 5) is 27.2. The Morgan fingerprint density at radius 1 is 1.06 bits per heavy atom. The van der Waals surface area contributed by atoms with E-state index in [-0.39, 0.29) is 5.91 Å². The maximum absolute atomic E-state index is 12.2. The molecule has 0 aliphatic carbocycles. The van der Waals surface area contributed by atoms with Crippen molar-refractivity contribution in [3.63, 3.8) is 0 Å². The quantitative estimate of drug-likeness (QED) is 0.469. The summed E-state index contributed by atoms with van der Waals surface area (Å²) in [6.45, 7) is 0.482. The van der Waals surface area contributed by atoms with Gasteiger partial charge >= 0.3 is 0 Å². The molecular weight excluding hydrogens is 414 g/mol. The van der Waals surface area contributed by atoms with Crippen LogP contribution >= 0.6 is 0 Å². The van der Waals surface area contributed by atoms with E-state index < -0.39 is 5.60 Å². The smallest absolute Gasteiger partial charge is 0.267 e. The van der Waals surface area contributed by atoms with E-state index in [1.807, 2.05) is 54.6 Å². The first-order valence-electron chi connectivity index (χ1n) is 10.5. The van der Waals surface area contributed by atoms with E-state index in [1.54, 1.807) is 19.4 Å². The molecule has 2 aromatic heterocycles. The maximum Gasteiger partial charge on any atom is 0.267 e. The zero-order valence-corrected chi connectivity index (χ0v) is 18.0. The van der Waals surface area contributed by atoms with Crippen molar-refractivity contribution in [2.24, 2.45) is 0 Å². The van der Waals surface area contributed by atoms with Crippen LogP contribution in [0.5, 0.6) is 0 Å². The van der Waals surface area contributed by atoms with Crippen LogP contribution in [0.3, 0.4) is 0 Å². The van der Waals surface area contributed by atoms with Crippen molar-refractivity contribution in [2.45, 2.75) is 12.0 Å². The number of nitrogens with zero attached hydrogens (tertiary/aromatic N) is 4. The minimum atomic E-state index is -1.64. The zero-order chi connectivity index (χ0) is 23.0. The van der Waals surface area contributed by atoms with Gasteiger partial charge in [-0.05, 0) is 17.7 Å². The fourth-order valence-corrected chi connectivity index (χ4v) is 3.91. The number of nitrogens with two attached hydrogens (primary N) is 1. The summed E-state index contributed by atoms with van der Waals surface area (Å²) in [5.41, 5.74) is 8.39. The van der Waals surface area contributed by atoms with Crippen LogP contribution in [0.1, 0.15) is 12.0 Å². The van der Waals surface area contributed by atoms with Gasteiger partial charge in [0.25, 0.3) is 5.91 Å². The Balaban J connectivity index is 1.53. The number of carbonyl (C=O) groups is 1. The summed E-state index contributed by atoms with van der Waals surface area (Å²) in [5, 5.41) is 11.4. The van der Waals surface area contributed by atoms with Crippen molar-refractivity contribution < 1.29 is 9.90 Å². The molecule has 1 fully saturated rings. The summed E-state index contributed by atoms with van der Waals surface area (Å²) in [5.74, 6) is 6.11. The molecule has 4 aromatic rings. The van der Waals surface area contributed by atoms with Crippen molar-refractivity contribution in [3.8, 4) is 34.4 Å². The first kappa shape index (κ1) is 20.6. The molecule has 0 bridgehead atoms. The second kappa shape index (κ2) is 8.01. The number of likely N-dealkylation sites (N-methyl/N-ethyl adjacent to an activating group) is 1. The summed E-state index contributed by atoms with van der Waals surface area (Å²) >= 11 is 0. The average Bonchev–Trinajstić information content (AvgIpc) is 3.11. The van der Waals surface area contributed by atoms with Crippen molar-refractivity contribution in [2.75, 3.05) is 19.3 Å². The highest BCUT2D eigenvalue weighted by molar-refractivity contribution is 5.99. The van der Waals surface area contributed by atoms with Crippen LogP contribution in [0.15, 0.2) is 67.0 Å². The van der Waals surface area contributed by atoms with Crippen LogP contribution in [-0.2, 0) is 4.79 Å². The van der Waals surface area contributed by atoms with Gasteiger partial charge in [-0.15, -0.1) is 0 Å². The summed E-state index contributed by atoms with van der Waals surface area (Å²) in [7, 11) is 1.66. The van der Waals surface area contributed by atoms with Gasteiger partial charge in [-0.1, -0.05) is 54.3 Å². The third-order valence-corrected chi connectivity index (χ3v) is 5.78. The van der Waals surface area contributed by atoms with Gasteiger partial charge in [-0.3, -0.25) is 4.79 Å². The lowest BCUT2D eigenvalue weighted by molar-refractivity contribution is -0.137.